The van der Waals surface area contributed by atoms with Crippen molar-refractivity contribution in [2.24, 2.45) is 25.9 Å². The van der Waals surface area contributed by atoms with Gasteiger partial charge in [-0.15, -0.1) is 0 Å². The quantitative estimate of drug-likeness (QED) is 0.0881. The van der Waals surface area contributed by atoms with Gasteiger partial charge in [0.2, 0.25) is 5.91 Å². The third-order valence-electron chi connectivity index (χ3n) is 15.4. The molecule has 2 unspecified atom stereocenters. The molecule has 416 valence electrons. The second-order valence-corrected chi connectivity index (χ2v) is 22.3. The predicted octanol–water partition coefficient (Wildman–Crippen LogP) is 6.62. The van der Waals surface area contributed by atoms with Crippen LogP contribution in [-0.2, 0) is 23.6 Å². The second kappa shape index (κ2) is 23.7. The standard InChI is InChI=1S/C30H37ClN6O4.C28H31ClN6O3/c1-30(2,3)41-29(39)37-11-10-20(13-21(37)16-38)36-14-18(15-36)6-9-23-25(19-7-8-22(31)24(12-19)40-5)26-27(32)33-17-34-28(26)35(23)4;1-4-24(37)35-10-9-19(12-20(35)15-36)34-13-17(14-34)5-8-22-25(18-6-7-21(29)23(11-18)38-3)26-27(30)31-16-32-28(26)33(22)2/h7-8,12,17-18,20-21,38H,10-11,13-16H2,1-5H3,(H2,32,33,34);4,6-7,11,16-17,19-20,36H,1,9-10,12-15H2,2-3H3,(H2,30,31,32)/t20?,21-;19?,20-/m00/s1. The summed E-state index contributed by atoms with van der Waals surface area (Å²) in [5.74, 6) is 15.9. The van der Waals surface area contributed by atoms with E-state index in [9.17, 15) is 19.8 Å². The van der Waals surface area contributed by atoms with Crippen molar-refractivity contribution in [3.8, 4) is 57.4 Å². The first-order chi connectivity index (χ1) is 37.9. The van der Waals surface area contributed by atoms with Crippen molar-refractivity contribution in [2.75, 3.05) is 78.2 Å². The number of halogens is 2. The molecule has 0 aliphatic carbocycles. The van der Waals surface area contributed by atoms with E-state index in [0.717, 1.165) is 89.9 Å². The lowest BCUT2D eigenvalue weighted by molar-refractivity contribution is -0.132. The number of aliphatic hydroxyl groups excluding tert-OH is 2. The van der Waals surface area contributed by atoms with E-state index in [1.165, 1.54) is 18.7 Å². The summed E-state index contributed by atoms with van der Waals surface area (Å²) in [6.45, 7) is 13.5. The fourth-order valence-corrected chi connectivity index (χ4v) is 11.6. The number of piperidine rings is 2. The zero-order valence-corrected chi connectivity index (χ0v) is 47.2. The number of likely N-dealkylation sites (tertiary alicyclic amines) is 4. The maximum atomic E-state index is 12.6. The first-order valence-corrected chi connectivity index (χ1v) is 27.1. The third-order valence-corrected chi connectivity index (χ3v) is 16.0. The molecule has 21 heteroatoms. The number of anilines is 2. The van der Waals surface area contributed by atoms with Crippen molar-refractivity contribution < 1.29 is 34.0 Å². The van der Waals surface area contributed by atoms with Crippen LogP contribution in [0.3, 0.4) is 0 Å². The Morgan fingerprint density at radius 2 is 1.15 bits per heavy atom. The van der Waals surface area contributed by atoms with Gasteiger partial charge in [-0.25, -0.2) is 24.7 Å². The maximum Gasteiger partial charge on any atom is 0.410 e. The van der Waals surface area contributed by atoms with E-state index < -0.39 is 5.60 Å². The summed E-state index contributed by atoms with van der Waals surface area (Å²) >= 11 is 12.6. The minimum atomic E-state index is -0.570. The van der Waals surface area contributed by atoms with Gasteiger partial charge in [-0.05, 0) is 99.8 Å². The number of aromatic nitrogens is 6. The van der Waals surface area contributed by atoms with Gasteiger partial charge in [-0.2, -0.15) is 0 Å². The van der Waals surface area contributed by atoms with E-state index in [4.69, 9.17) is 48.9 Å². The Bertz CT molecular complexity index is 3410. The number of hydrogen-bond acceptors (Lipinski definition) is 15. The summed E-state index contributed by atoms with van der Waals surface area (Å²) in [6, 6.07) is 11.4. The van der Waals surface area contributed by atoms with Gasteiger partial charge in [0.1, 0.15) is 64.1 Å². The number of nitrogens with zero attached hydrogens (tertiary/aromatic N) is 10. The van der Waals surface area contributed by atoms with Crippen LogP contribution in [0.5, 0.6) is 11.5 Å². The van der Waals surface area contributed by atoms with Crippen molar-refractivity contribution >= 4 is 68.9 Å². The van der Waals surface area contributed by atoms with E-state index in [2.05, 4.69) is 60.0 Å². The molecule has 2 amide bonds. The highest BCUT2D eigenvalue weighted by molar-refractivity contribution is 6.32. The molecule has 4 aromatic heterocycles. The molecular formula is C58H68Cl2N12O7. The summed E-state index contributed by atoms with van der Waals surface area (Å²) in [6.07, 6.45) is 7.03. The van der Waals surface area contributed by atoms with Gasteiger partial charge in [0, 0.05) is 88.4 Å². The lowest BCUT2D eigenvalue weighted by atomic mass is 9.90. The summed E-state index contributed by atoms with van der Waals surface area (Å²) in [4.78, 5) is 50.3. The zero-order valence-electron chi connectivity index (χ0n) is 45.7. The first-order valence-electron chi connectivity index (χ1n) is 26.4. The Labute approximate surface area is 470 Å². The van der Waals surface area contributed by atoms with Crippen molar-refractivity contribution in [3.63, 3.8) is 0 Å². The molecule has 6 N–H and O–H groups in total. The smallest absolute Gasteiger partial charge is 0.410 e. The van der Waals surface area contributed by atoms with Crippen LogP contribution in [-0.4, -0.2) is 167 Å². The Hall–Kier alpha value is -7.10. The first kappa shape index (κ1) is 56.6. The number of amides is 2. The molecule has 0 saturated carbocycles. The van der Waals surface area contributed by atoms with E-state index >= 15 is 0 Å². The monoisotopic (exact) mass is 1110 g/mol. The highest BCUT2D eigenvalue weighted by Crippen LogP contribution is 2.41. The molecule has 4 aliphatic heterocycles. The number of methoxy groups -OCH3 is 2. The predicted molar refractivity (Wildman–Crippen MR) is 306 cm³/mol. The third kappa shape index (κ3) is 11.7. The van der Waals surface area contributed by atoms with Crippen LogP contribution in [0.2, 0.25) is 10.0 Å². The van der Waals surface area contributed by atoms with Crippen LogP contribution in [0, 0.1) is 35.5 Å². The molecule has 8 heterocycles. The molecule has 6 aromatic rings. The number of aliphatic hydroxyl groups is 2. The number of hydrogen-bond donors (Lipinski definition) is 4. The van der Waals surface area contributed by atoms with E-state index in [-0.39, 0.29) is 55.2 Å². The number of aryl methyl sites for hydroxylation is 2. The van der Waals surface area contributed by atoms with Crippen molar-refractivity contribution in [3.05, 3.63) is 83.1 Å². The van der Waals surface area contributed by atoms with Gasteiger partial charge in [-0.1, -0.05) is 53.8 Å². The highest BCUT2D eigenvalue weighted by atomic mass is 35.5. The summed E-state index contributed by atoms with van der Waals surface area (Å²) in [5, 5.41) is 22.4. The van der Waals surface area contributed by atoms with Crippen LogP contribution in [0.15, 0.2) is 61.7 Å². The largest absolute Gasteiger partial charge is 0.495 e. The Morgan fingerprint density at radius 3 is 1.56 bits per heavy atom. The van der Waals surface area contributed by atoms with Gasteiger partial charge >= 0.3 is 6.09 Å². The number of nitrogen functional groups attached to an aromatic ring is 2. The van der Waals surface area contributed by atoms with E-state index in [1.54, 1.807) is 36.2 Å². The highest BCUT2D eigenvalue weighted by Gasteiger charge is 2.40. The van der Waals surface area contributed by atoms with Crippen molar-refractivity contribution in [1.29, 1.82) is 0 Å². The summed E-state index contributed by atoms with van der Waals surface area (Å²) in [5.41, 5.74) is 18.5. The molecule has 2 aromatic carbocycles. The Morgan fingerprint density at radius 1 is 0.722 bits per heavy atom. The van der Waals surface area contributed by atoms with Crippen molar-refractivity contribution in [2.45, 2.75) is 76.2 Å². The number of fused-ring (bicyclic) bond motifs is 2. The zero-order chi connectivity index (χ0) is 56.4. The average molecular weight is 1120 g/mol. The number of benzene rings is 2. The number of nitrogens with two attached hydrogens (primary N) is 2. The van der Waals surface area contributed by atoms with E-state index in [1.807, 2.05) is 68.3 Å². The number of carbonyl (C=O) groups is 2. The molecule has 4 atom stereocenters. The molecule has 0 radical (unpaired) electrons. The Kier molecular flexibility index (Phi) is 17.0. The minimum Gasteiger partial charge on any atom is -0.495 e. The fraction of sp³-hybridized carbons (Fsp3) is 0.448. The van der Waals surface area contributed by atoms with Gasteiger partial charge in [-0.3, -0.25) is 14.6 Å². The lowest BCUT2D eigenvalue weighted by Crippen LogP contribution is -2.59. The molecule has 79 heavy (non-hydrogen) atoms. The SMILES string of the molecule is C=CC(=O)N1CCC(N2CC(C#Cc3c(-c4ccc(Cl)c(OC)c4)c4c(N)ncnc4n3C)C2)C[C@H]1CO.COc1cc(-c2c(C#CC3CN(C4CCN(C(=O)OC(C)(C)C)[C@H](CO)C4)C3)n(C)c3ncnc(N)c23)ccc1Cl. The molecule has 4 saturated heterocycles. The van der Waals surface area contributed by atoms with E-state index in [0.29, 0.717) is 70.0 Å². The van der Waals surface area contributed by atoms with Crippen LogP contribution in [0.25, 0.3) is 44.3 Å². The Balaban J connectivity index is 0.000000192. The lowest BCUT2D eigenvalue weighted by Gasteiger charge is -2.48. The topological polar surface area (TPSA) is 229 Å². The molecule has 4 aliphatic rings. The molecule has 4 fully saturated rings. The second-order valence-electron chi connectivity index (χ2n) is 21.5. The summed E-state index contributed by atoms with van der Waals surface area (Å²) in [7, 11) is 7.02. The van der Waals surface area contributed by atoms with Gasteiger partial charge in [0.05, 0.1) is 60.3 Å². The van der Waals surface area contributed by atoms with Crippen LogP contribution >= 0.6 is 23.2 Å². The average Bonchev–Trinajstić information content (AvgIpc) is 4.12. The number of carbonyl (C=O) groups excluding carboxylic acids is 2. The maximum absolute atomic E-state index is 12.6. The molecule has 10 rings (SSSR count). The molecular weight excluding hydrogens is 1050 g/mol. The van der Waals surface area contributed by atoms with Gasteiger partial charge in [0.15, 0.2) is 0 Å². The fourth-order valence-electron chi connectivity index (χ4n) is 11.2. The van der Waals surface area contributed by atoms with Crippen LogP contribution < -0.4 is 20.9 Å². The number of ether oxygens (including phenoxy) is 3. The van der Waals surface area contributed by atoms with Gasteiger partial charge in [0.25, 0.3) is 0 Å². The van der Waals surface area contributed by atoms with Crippen LogP contribution in [0.4, 0.5) is 16.4 Å². The van der Waals surface area contributed by atoms with Gasteiger partial charge < -0.3 is 54.8 Å². The summed E-state index contributed by atoms with van der Waals surface area (Å²) < 4.78 is 20.4. The number of rotatable bonds is 9. The van der Waals surface area contributed by atoms with Crippen molar-refractivity contribution in [1.82, 2.24) is 48.7 Å². The molecule has 0 bridgehead atoms. The van der Waals surface area contributed by atoms with Crippen LogP contribution in [0.1, 0.15) is 57.8 Å². The minimum absolute atomic E-state index is 0.0432. The normalized spacial score (nSPS) is 20.0. The molecule has 19 nitrogen and oxygen atoms in total. The molecule has 0 spiro atoms.